The van der Waals surface area contributed by atoms with Crippen LogP contribution < -0.4 is 15.8 Å². The minimum Gasteiger partial charge on any atom is -0.393 e. The molecule has 2 aliphatic heterocycles. The molecular formula is C24H31FN4O2. The highest BCUT2D eigenvalue weighted by atomic mass is 19.1. The molecule has 3 unspecified atom stereocenters. The maximum atomic E-state index is 15.2. The summed E-state index contributed by atoms with van der Waals surface area (Å²) >= 11 is 0. The Morgan fingerprint density at radius 3 is 2.58 bits per heavy atom. The first-order valence-corrected chi connectivity index (χ1v) is 11.0. The van der Waals surface area contributed by atoms with Crippen molar-refractivity contribution in [3.05, 3.63) is 58.9 Å². The van der Waals surface area contributed by atoms with Crippen LogP contribution in [-0.4, -0.2) is 35.4 Å². The van der Waals surface area contributed by atoms with Crippen LogP contribution in [0.5, 0.6) is 0 Å². The van der Waals surface area contributed by atoms with E-state index in [1.54, 1.807) is 6.07 Å². The van der Waals surface area contributed by atoms with Crippen molar-refractivity contribution in [1.29, 1.82) is 0 Å². The summed E-state index contributed by atoms with van der Waals surface area (Å²) in [6.07, 6.45) is 0.333. The molecule has 1 fully saturated rings. The summed E-state index contributed by atoms with van der Waals surface area (Å²) in [6, 6.07) is 11.3. The van der Waals surface area contributed by atoms with Gasteiger partial charge in [0.05, 0.1) is 18.3 Å². The molecule has 2 aliphatic rings. The van der Waals surface area contributed by atoms with E-state index < -0.39 is 12.0 Å². The van der Waals surface area contributed by atoms with Crippen LogP contribution in [0.15, 0.2) is 36.4 Å². The standard InChI is InChI=1S/C24H31FN4O2/c1-5-28-23(13-30)27-29(24(28)31)22-11-18-17(14(2)3)10-20(26-21(18)12-19(22)25)16-9-7-6-8-15(16)4/h6-9,11-12,14,17,20,23,26-27,30H,5,10,13H2,1-4H3. The first-order valence-electron chi connectivity index (χ1n) is 11.0. The molecule has 0 spiro atoms. The molecule has 4 rings (SSSR count). The van der Waals surface area contributed by atoms with Gasteiger partial charge in [0.1, 0.15) is 6.17 Å². The number of hydrogen-bond acceptors (Lipinski definition) is 4. The topological polar surface area (TPSA) is 67.8 Å². The molecule has 2 aromatic carbocycles. The monoisotopic (exact) mass is 426 g/mol. The number of nitrogens with zero attached hydrogens (tertiary/aromatic N) is 2. The number of fused-ring (bicyclic) bond motifs is 1. The van der Waals surface area contributed by atoms with Gasteiger partial charge in [0.25, 0.3) is 0 Å². The number of hydrazine groups is 1. The molecule has 1 saturated heterocycles. The zero-order valence-electron chi connectivity index (χ0n) is 18.5. The van der Waals surface area contributed by atoms with Crippen molar-refractivity contribution in [3.63, 3.8) is 0 Å². The summed E-state index contributed by atoms with van der Waals surface area (Å²) in [6.45, 7) is 8.47. The van der Waals surface area contributed by atoms with E-state index in [0.29, 0.717) is 12.5 Å². The fourth-order valence-electron chi connectivity index (χ4n) is 4.83. The minimum absolute atomic E-state index is 0.104. The van der Waals surface area contributed by atoms with Gasteiger partial charge in [0.2, 0.25) is 0 Å². The number of hydrogen-bond donors (Lipinski definition) is 3. The van der Waals surface area contributed by atoms with Gasteiger partial charge in [-0.25, -0.2) is 19.6 Å². The van der Waals surface area contributed by atoms with Crippen LogP contribution >= 0.6 is 0 Å². The van der Waals surface area contributed by atoms with E-state index in [1.165, 1.54) is 27.1 Å². The normalized spacial score (nSPS) is 23.3. The lowest BCUT2D eigenvalue weighted by atomic mass is 9.77. The Morgan fingerprint density at radius 2 is 1.97 bits per heavy atom. The van der Waals surface area contributed by atoms with Crippen LogP contribution in [0.25, 0.3) is 0 Å². The predicted octanol–water partition coefficient (Wildman–Crippen LogP) is 4.52. The second kappa shape index (κ2) is 8.48. The van der Waals surface area contributed by atoms with Crippen molar-refractivity contribution in [2.45, 2.75) is 52.2 Å². The molecule has 31 heavy (non-hydrogen) atoms. The van der Waals surface area contributed by atoms with Gasteiger partial charge >= 0.3 is 6.03 Å². The number of aliphatic hydroxyl groups is 1. The zero-order valence-corrected chi connectivity index (χ0v) is 18.5. The number of benzene rings is 2. The summed E-state index contributed by atoms with van der Waals surface area (Å²) in [5.41, 5.74) is 7.36. The lowest BCUT2D eigenvalue weighted by Gasteiger charge is -2.37. The van der Waals surface area contributed by atoms with Crippen molar-refractivity contribution in [2.24, 2.45) is 5.92 Å². The van der Waals surface area contributed by atoms with Gasteiger partial charge in [-0.05, 0) is 60.9 Å². The third kappa shape index (κ3) is 3.77. The first kappa shape index (κ1) is 21.6. The van der Waals surface area contributed by atoms with E-state index in [1.807, 2.05) is 19.1 Å². The number of urea groups is 1. The summed E-state index contributed by atoms with van der Waals surface area (Å²) in [5, 5.41) is 14.4. The van der Waals surface area contributed by atoms with Crippen LogP contribution in [0.4, 0.5) is 20.6 Å². The molecule has 3 N–H and O–H groups in total. The maximum absolute atomic E-state index is 15.2. The molecule has 0 bridgehead atoms. The number of likely N-dealkylation sites (N-methyl/N-ethyl adjacent to an activating group) is 1. The Labute approximate surface area is 183 Å². The Kier molecular flexibility index (Phi) is 5.90. The average Bonchev–Trinajstić information content (AvgIpc) is 3.07. The fourth-order valence-corrected chi connectivity index (χ4v) is 4.83. The van der Waals surface area contributed by atoms with Gasteiger partial charge in [-0.2, -0.15) is 0 Å². The van der Waals surface area contributed by atoms with Gasteiger partial charge < -0.3 is 15.3 Å². The Hall–Kier alpha value is -2.64. The van der Waals surface area contributed by atoms with Gasteiger partial charge in [0.15, 0.2) is 5.82 Å². The molecule has 166 valence electrons. The molecule has 2 heterocycles. The molecule has 0 aromatic heterocycles. The molecule has 0 saturated carbocycles. The van der Waals surface area contributed by atoms with Crippen LogP contribution in [0.1, 0.15) is 55.8 Å². The van der Waals surface area contributed by atoms with E-state index in [9.17, 15) is 9.90 Å². The van der Waals surface area contributed by atoms with Gasteiger partial charge in [-0.3, -0.25) is 0 Å². The van der Waals surface area contributed by atoms with Crippen molar-refractivity contribution < 1.29 is 14.3 Å². The average molecular weight is 427 g/mol. The lowest BCUT2D eigenvalue weighted by molar-refractivity contribution is 0.156. The zero-order chi connectivity index (χ0) is 22.3. The fraction of sp³-hybridized carbons (Fsp3) is 0.458. The van der Waals surface area contributed by atoms with E-state index in [-0.39, 0.29) is 30.3 Å². The van der Waals surface area contributed by atoms with Crippen molar-refractivity contribution in [1.82, 2.24) is 10.3 Å². The molecule has 7 heteroatoms. The number of anilines is 2. The van der Waals surface area contributed by atoms with Crippen LogP contribution in [0.3, 0.4) is 0 Å². The quantitative estimate of drug-likeness (QED) is 0.658. The van der Waals surface area contributed by atoms with Crippen LogP contribution in [0, 0.1) is 18.7 Å². The highest BCUT2D eigenvalue weighted by molar-refractivity contribution is 5.94. The van der Waals surface area contributed by atoms with Crippen molar-refractivity contribution in [3.8, 4) is 0 Å². The summed E-state index contributed by atoms with van der Waals surface area (Å²) < 4.78 is 15.2. The number of carbonyl (C=O) groups excluding carboxylic acids is 1. The van der Waals surface area contributed by atoms with Gasteiger partial charge in [-0.1, -0.05) is 38.1 Å². The first-order chi connectivity index (χ1) is 14.8. The summed E-state index contributed by atoms with van der Waals surface area (Å²) in [4.78, 5) is 14.3. The minimum atomic E-state index is -0.558. The van der Waals surface area contributed by atoms with Crippen LogP contribution in [-0.2, 0) is 0 Å². The van der Waals surface area contributed by atoms with Crippen LogP contribution in [0.2, 0.25) is 0 Å². The summed E-state index contributed by atoms with van der Waals surface area (Å²) in [5.74, 6) is 0.0914. The number of carbonyl (C=O) groups is 1. The van der Waals surface area contributed by atoms with E-state index >= 15 is 4.39 Å². The highest BCUT2D eigenvalue weighted by Crippen LogP contribution is 2.46. The number of nitrogens with one attached hydrogen (secondary N) is 2. The SMILES string of the molecule is CCN1C(=O)N(c2cc3c(cc2F)NC(c2ccccc2C)CC3C(C)C)NC1CO. The molecule has 0 radical (unpaired) electrons. The third-order valence-electron chi connectivity index (χ3n) is 6.55. The van der Waals surface area contributed by atoms with E-state index in [0.717, 1.165) is 17.7 Å². The molecule has 0 aliphatic carbocycles. The molecule has 6 nitrogen and oxygen atoms in total. The Morgan fingerprint density at radius 1 is 1.23 bits per heavy atom. The second-order valence-corrected chi connectivity index (χ2v) is 8.76. The van der Waals surface area contributed by atoms with E-state index in [2.05, 4.69) is 43.6 Å². The number of aryl methyl sites for hydroxylation is 1. The number of halogens is 1. The third-order valence-corrected chi connectivity index (χ3v) is 6.55. The molecule has 2 amide bonds. The van der Waals surface area contributed by atoms with E-state index in [4.69, 9.17) is 0 Å². The number of aliphatic hydroxyl groups excluding tert-OH is 1. The van der Waals surface area contributed by atoms with Gasteiger partial charge in [-0.15, -0.1) is 0 Å². The number of rotatable bonds is 5. The molecule has 3 atom stereocenters. The predicted molar refractivity (Wildman–Crippen MR) is 120 cm³/mol. The second-order valence-electron chi connectivity index (χ2n) is 8.76. The molecule has 2 aromatic rings. The van der Waals surface area contributed by atoms with Gasteiger partial charge in [0, 0.05) is 12.2 Å². The summed E-state index contributed by atoms with van der Waals surface area (Å²) in [7, 11) is 0. The Bertz CT molecular complexity index is 980. The molecular weight excluding hydrogens is 395 g/mol. The Balaban J connectivity index is 1.73. The largest absolute Gasteiger partial charge is 0.393 e. The highest BCUT2D eigenvalue weighted by Gasteiger charge is 2.39. The smallest absolute Gasteiger partial charge is 0.340 e. The van der Waals surface area contributed by atoms with Crippen molar-refractivity contribution >= 4 is 17.4 Å². The lowest BCUT2D eigenvalue weighted by Crippen LogP contribution is -2.41. The van der Waals surface area contributed by atoms with Crippen molar-refractivity contribution in [2.75, 3.05) is 23.5 Å². The number of amides is 2. The maximum Gasteiger partial charge on any atom is 0.340 e.